The Labute approximate surface area is 265 Å². The van der Waals surface area contributed by atoms with Crippen LogP contribution in [0.1, 0.15) is 56.3 Å². The van der Waals surface area contributed by atoms with Crippen LogP contribution in [0.2, 0.25) is 0 Å². The van der Waals surface area contributed by atoms with E-state index in [1.165, 1.54) is 24.3 Å². The van der Waals surface area contributed by atoms with Gasteiger partial charge in [-0.25, -0.2) is 0 Å². The van der Waals surface area contributed by atoms with Crippen LogP contribution >= 0.6 is 0 Å². The van der Waals surface area contributed by atoms with Crippen LogP contribution in [0.25, 0.3) is 0 Å². The van der Waals surface area contributed by atoms with Crippen molar-refractivity contribution in [2.45, 2.75) is 64.1 Å². The number of guanidine groups is 1. The second kappa shape index (κ2) is 18.3. The number of nitrogens with two attached hydrogens (primary N) is 2. The fraction of sp³-hybridized carbons (Fsp3) is 0.400. The van der Waals surface area contributed by atoms with Crippen molar-refractivity contribution in [1.29, 1.82) is 0 Å². The van der Waals surface area contributed by atoms with Gasteiger partial charge in [-0.15, -0.1) is 0 Å². The molecule has 0 radical (unpaired) electrons. The molecule has 9 N–H and O–H groups in total. The summed E-state index contributed by atoms with van der Waals surface area (Å²) in [5.41, 5.74) is 11.1. The van der Waals surface area contributed by atoms with Crippen LogP contribution in [0.5, 0.6) is 0 Å². The van der Waals surface area contributed by atoms with Crippen LogP contribution in [0, 0.1) is 16.0 Å². The van der Waals surface area contributed by atoms with E-state index in [9.17, 15) is 39.2 Å². The number of carbonyl (C=O) groups excluding carboxylic acids is 4. The normalized spacial score (nSPS) is 13.2. The lowest BCUT2D eigenvalue weighted by Gasteiger charge is -2.27. The van der Waals surface area contributed by atoms with Gasteiger partial charge in [0.25, 0.3) is 11.6 Å². The Morgan fingerprint density at radius 1 is 0.891 bits per heavy atom. The molecule has 0 aliphatic carbocycles. The molecule has 0 saturated heterocycles. The van der Waals surface area contributed by atoms with Gasteiger partial charge in [-0.05, 0) is 49.4 Å². The summed E-state index contributed by atoms with van der Waals surface area (Å²) in [7, 11) is 0. The maximum absolute atomic E-state index is 13.5. The summed E-state index contributed by atoms with van der Waals surface area (Å²) in [6, 6.07) is 9.66. The van der Waals surface area contributed by atoms with Crippen LogP contribution in [0.4, 0.5) is 11.4 Å². The first-order chi connectivity index (χ1) is 21.8. The fourth-order valence-corrected chi connectivity index (χ4v) is 4.25. The zero-order valence-electron chi connectivity index (χ0n) is 25.6. The summed E-state index contributed by atoms with van der Waals surface area (Å²) in [5.74, 6) is -4.46. The molecule has 0 heterocycles. The maximum atomic E-state index is 13.5. The zero-order valence-corrected chi connectivity index (χ0v) is 25.6. The first kappa shape index (κ1) is 36.7. The molecule has 16 heteroatoms. The van der Waals surface area contributed by atoms with E-state index in [0.717, 1.165) is 0 Å². The molecule has 0 aliphatic heterocycles. The molecule has 4 atom stereocenters. The highest BCUT2D eigenvalue weighted by Crippen LogP contribution is 2.16. The van der Waals surface area contributed by atoms with Gasteiger partial charge in [0.2, 0.25) is 17.7 Å². The number of benzene rings is 2. The minimum atomic E-state index is -1.38. The number of nitro benzene ring substituents is 1. The van der Waals surface area contributed by atoms with Gasteiger partial charge < -0.3 is 37.8 Å². The summed E-state index contributed by atoms with van der Waals surface area (Å²) in [6.07, 6.45) is 0.0119. The number of nitro groups is 1. The number of non-ortho nitro benzene ring substituents is 1. The molecule has 2 aromatic carbocycles. The van der Waals surface area contributed by atoms with E-state index in [2.05, 4.69) is 26.3 Å². The third-order valence-corrected chi connectivity index (χ3v) is 7.02. The molecule has 16 nitrogen and oxygen atoms in total. The predicted molar refractivity (Wildman–Crippen MR) is 170 cm³/mol. The van der Waals surface area contributed by atoms with E-state index in [1.807, 2.05) is 6.92 Å². The minimum Gasteiger partial charge on any atom is -0.481 e. The van der Waals surface area contributed by atoms with Gasteiger partial charge in [-0.1, -0.05) is 38.5 Å². The first-order valence-electron chi connectivity index (χ1n) is 14.6. The van der Waals surface area contributed by atoms with E-state index in [-0.39, 0.29) is 49.1 Å². The Hall–Kier alpha value is -5.54. The van der Waals surface area contributed by atoms with Crippen molar-refractivity contribution in [1.82, 2.24) is 16.0 Å². The van der Waals surface area contributed by atoms with Crippen molar-refractivity contribution >= 4 is 46.9 Å². The smallest absolute Gasteiger partial charge is 0.303 e. The number of carbonyl (C=O) groups is 5. The molecule has 0 bridgehead atoms. The number of rotatable bonds is 18. The number of aliphatic carboxylic acids is 1. The van der Waals surface area contributed by atoms with Crippen LogP contribution in [-0.4, -0.2) is 70.3 Å². The highest BCUT2D eigenvalue weighted by molar-refractivity contribution is 6.00. The molecule has 0 unspecified atom stereocenters. The number of anilines is 1. The Balaban J connectivity index is 2.27. The van der Waals surface area contributed by atoms with Gasteiger partial charge in [0.05, 0.1) is 4.92 Å². The Morgan fingerprint density at radius 2 is 1.50 bits per heavy atom. The van der Waals surface area contributed by atoms with E-state index in [0.29, 0.717) is 12.0 Å². The Bertz CT molecular complexity index is 1400. The minimum absolute atomic E-state index is 0.0452. The number of aliphatic imine (C=N–C) groups is 1. The van der Waals surface area contributed by atoms with Gasteiger partial charge >= 0.3 is 5.97 Å². The number of carboxylic acids is 1. The van der Waals surface area contributed by atoms with Crippen molar-refractivity contribution in [2.75, 3.05) is 11.9 Å². The molecule has 0 spiro atoms. The van der Waals surface area contributed by atoms with Crippen LogP contribution in [0.15, 0.2) is 59.6 Å². The average Bonchev–Trinajstić information content (AvgIpc) is 3.02. The SMILES string of the molecule is CC[C@H](C)[C@H](NC(=O)c1ccccc1)C(=O)N[C@@H](CCC(=O)O)C(=O)N[C@@H](CCCN=C(N)N)C(=O)Nc1ccc([N+](=O)[O-])cc1. The molecule has 0 saturated carbocycles. The van der Waals surface area contributed by atoms with Crippen molar-refractivity contribution < 1.29 is 34.0 Å². The summed E-state index contributed by atoms with van der Waals surface area (Å²) >= 11 is 0. The first-order valence-corrected chi connectivity index (χ1v) is 14.6. The molecule has 0 aromatic heterocycles. The number of amides is 4. The monoisotopic (exact) mass is 640 g/mol. The number of hydrogen-bond acceptors (Lipinski definition) is 8. The van der Waals surface area contributed by atoms with Crippen molar-refractivity contribution in [3.05, 3.63) is 70.3 Å². The van der Waals surface area contributed by atoms with E-state index >= 15 is 0 Å². The number of nitrogens with zero attached hydrogens (tertiary/aromatic N) is 2. The van der Waals surface area contributed by atoms with E-state index in [4.69, 9.17) is 11.5 Å². The quantitative estimate of drug-likeness (QED) is 0.0403. The highest BCUT2D eigenvalue weighted by Gasteiger charge is 2.32. The molecule has 4 amide bonds. The summed E-state index contributed by atoms with van der Waals surface area (Å²) < 4.78 is 0. The molecular weight excluding hydrogens is 600 g/mol. The third-order valence-electron chi connectivity index (χ3n) is 7.02. The lowest BCUT2D eigenvalue weighted by Crippen LogP contribution is -2.57. The van der Waals surface area contributed by atoms with Gasteiger partial charge in [-0.2, -0.15) is 0 Å². The lowest BCUT2D eigenvalue weighted by molar-refractivity contribution is -0.384. The second-order valence-corrected chi connectivity index (χ2v) is 10.5. The molecular formula is C30H40N8O8. The van der Waals surface area contributed by atoms with Gasteiger partial charge in [0.1, 0.15) is 18.1 Å². The Morgan fingerprint density at radius 3 is 2.07 bits per heavy atom. The van der Waals surface area contributed by atoms with Crippen LogP contribution in [-0.2, 0) is 19.2 Å². The Kier molecular flexibility index (Phi) is 14.6. The van der Waals surface area contributed by atoms with E-state index < -0.39 is 59.1 Å². The topological polar surface area (TPSA) is 261 Å². The van der Waals surface area contributed by atoms with Crippen molar-refractivity contribution in [2.24, 2.45) is 22.4 Å². The van der Waals surface area contributed by atoms with Crippen molar-refractivity contribution in [3.8, 4) is 0 Å². The molecule has 2 rings (SSSR count). The van der Waals surface area contributed by atoms with Gasteiger partial charge in [-0.3, -0.25) is 39.1 Å². The molecule has 248 valence electrons. The van der Waals surface area contributed by atoms with E-state index in [1.54, 1.807) is 37.3 Å². The predicted octanol–water partition coefficient (Wildman–Crippen LogP) is 1.27. The largest absolute Gasteiger partial charge is 0.481 e. The maximum Gasteiger partial charge on any atom is 0.303 e. The molecule has 0 aliphatic rings. The van der Waals surface area contributed by atoms with Gasteiger partial charge in [0.15, 0.2) is 5.96 Å². The number of nitrogens with one attached hydrogen (secondary N) is 4. The molecule has 46 heavy (non-hydrogen) atoms. The van der Waals surface area contributed by atoms with Gasteiger partial charge in [0, 0.05) is 36.3 Å². The summed E-state index contributed by atoms with van der Waals surface area (Å²) in [5, 5.41) is 30.7. The van der Waals surface area contributed by atoms with Crippen LogP contribution in [0.3, 0.4) is 0 Å². The second-order valence-electron chi connectivity index (χ2n) is 10.5. The summed E-state index contributed by atoms with van der Waals surface area (Å²) in [4.78, 5) is 78.7. The third kappa shape index (κ3) is 12.2. The molecule has 2 aromatic rings. The standard InChI is InChI=1S/C30H40N8O8/c1-3-18(2)25(37-26(41)19-8-5-4-6-9-19)29(44)36-23(15-16-24(39)40)28(43)35-22(10-7-17-33-30(31)32)27(42)34-20-11-13-21(14-12-20)38(45)46/h4-6,8-9,11-14,18,22-23,25H,3,7,10,15-17H2,1-2H3,(H,34,42)(H,35,43)(H,36,44)(H,37,41)(H,39,40)(H4,31,32,33)/t18-,22-,23-,25-/m0/s1. The molecule has 0 fully saturated rings. The average molecular weight is 641 g/mol. The highest BCUT2D eigenvalue weighted by atomic mass is 16.6. The lowest BCUT2D eigenvalue weighted by atomic mass is 9.97. The number of carboxylic acid groups (broad SMARTS) is 1. The zero-order chi connectivity index (χ0) is 34.2. The fourth-order valence-electron chi connectivity index (χ4n) is 4.25. The summed E-state index contributed by atoms with van der Waals surface area (Å²) in [6.45, 7) is 3.71. The number of hydrogen-bond donors (Lipinski definition) is 7. The van der Waals surface area contributed by atoms with Crippen LogP contribution < -0.4 is 32.7 Å². The van der Waals surface area contributed by atoms with Crippen molar-refractivity contribution in [3.63, 3.8) is 0 Å².